The van der Waals surface area contributed by atoms with E-state index in [2.05, 4.69) is 34.6 Å². The van der Waals surface area contributed by atoms with Crippen LogP contribution in [0.5, 0.6) is 0 Å². The summed E-state index contributed by atoms with van der Waals surface area (Å²) in [5.41, 5.74) is 0. The Kier molecular flexibility index (Phi) is 67.7. The maximum atomic E-state index is 13.1. The highest BCUT2D eigenvalue weighted by Gasteiger charge is 2.30. The van der Waals surface area contributed by atoms with Gasteiger partial charge in [-0.25, -0.2) is 9.13 Å². The summed E-state index contributed by atoms with van der Waals surface area (Å²) < 4.78 is 68.6. The van der Waals surface area contributed by atoms with E-state index in [0.29, 0.717) is 25.7 Å². The quantitative estimate of drug-likeness (QED) is 0.0222. The Labute approximate surface area is 581 Å². The predicted molar refractivity (Wildman–Crippen MR) is 386 cm³/mol. The van der Waals surface area contributed by atoms with E-state index in [9.17, 15) is 43.2 Å². The summed E-state index contributed by atoms with van der Waals surface area (Å²) in [6.45, 7) is 7.32. The number of hydrogen-bond donors (Lipinski definition) is 3. The van der Waals surface area contributed by atoms with Crippen molar-refractivity contribution in [3.63, 3.8) is 0 Å². The van der Waals surface area contributed by atoms with Crippen LogP contribution in [0.25, 0.3) is 0 Å². The molecule has 0 aromatic heterocycles. The van der Waals surface area contributed by atoms with Gasteiger partial charge in [-0.2, -0.15) is 0 Å². The largest absolute Gasteiger partial charge is 0.472 e. The highest BCUT2D eigenvalue weighted by Crippen LogP contribution is 2.45. The molecule has 0 fully saturated rings. The average Bonchev–Trinajstić information content (AvgIpc) is 1.31. The van der Waals surface area contributed by atoms with Crippen LogP contribution in [0, 0.1) is 5.92 Å². The van der Waals surface area contributed by atoms with Crippen molar-refractivity contribution in [2.75, 3.05) is 39.6 Å². The van der Waals surface area contributed by atoms with Gasteiger partial charge < -0.3 is 33.8 Å². The molecule has 0 aliphatic rings. The van der Waals surface area contributed by atoms with Gasteiger partial charge in [0.1, 0.15) is 19.3 Å². The van der Waals surface area contributed by atoms with Crippen LogP contribution in [-0.2, 0) is 65.4 Å². The van der Waals surface area contributed by atoms with Crippen LogP contribution in [0.15, 0.2) is 0 Å². The topological polar surface area (TPSA) is 237 Å². The smallest absolute Gasteiger partial charge is 0.462 e. The summed E-state index contributed by atoms with van der Waals surface area (Å²) in [6, 6.07) is 0. The fourth-order valence-corrected chi connectivity index (χ4v) is 13.3. The second kappa shape index (κ2) is 69.2. The third-order valence-corrected chi connectivity index (χ3v) is 19.7. The van der Waals surface area contributed by atoms with Gasteiger partial charge in [0, 0.05) is 25.7 Å². The number of phosphoric acid groups is 2. The Morgan fingerprint density at radius 1 is 0.284 bits per heavy atom. The van der Waals surface area contributed by atoms with Gasteiger partial charge in [-0.3, -0.25) is 37.3 Å². The van der Waals surface area contributed by atoms with Crippen molar-refractivity contribution in [1.82, 2.24) is 0 Å². The number of ether oxygens (including phenoxy) is 4. The third kappa shape index (κ3) is 70.3. The molecule has 0 saturated heterocycles. The van der Waals surface area contributed by atoms with Gasteiger partial charge in [-0.15, -0.1) is 0 Å². The fraction of sp³-hybridized carbons (Fsp3) is 0.947. The van der Waals surface area contributed by atoms with E-state index < -0.39 is 97.5 Å². The molecule has 5 atom stereocenters. The maximum Gasteiger partial charge on any atom is 0.472 e. The Hall–Kier alpha value is -1.94. The van der Waals surface area contributed by atoms with Crippen LogP contribution < -0.4 is 0 Å². The molecule has 0 aromatic carbocycles. The molecule has 0 saturated carbocycles. The Balaban J connectivity index is 5.25. The first-order valence-corrected chi connectivity index (χ1v) is 42.6. The number of esters is 4. The molecular formula is C76H148O17P2. The Morgan fingerprint density at radius 2 is 0.484 bits per heavy atom. The minimum atomic E-state index is -4.96. The number of aliphatic hydroxyl groups excluding tert-OH is 1. The molecule has 0 aromatic rings. The van der Waals surface area contributed by atoms with E-state index in [-0.39, 0.29) is 25.7 Å². The fourth-order valence-electron chi connectivity index (χ4n) is 11.7. The summed E-state index contributed by atoms with van der Waals surface area (Å²) in [5.74, 6) is -1.31. The predicted octanol–water partition coefficient (Wildman–Crippen LogP) is 22.5. The Bertz CT molecular complexity index is 1820. The zero-order valence-corrected chi connectivity index (χ0v) is 63.6. The number of carbonyl (C=O) groups excluding carboxylic acids is 4. The zero-order valence-electron chi connectivity index (χ0n) is 61.8. The molecule has 0 heterocycles. The normalized spacial score (nSPS) is 13.9. The summed E-state index contributed by atoms with van der Waals surface area (Å²) in [6.07, 6.45) is 58.0. The van der Waals surface area contributed by atoms with Crippen molar-refractivity contribution in [2.45, 2.75) is 419 Å². The molecule has 3 N–H and O–H groups in total. The molecule has 0 spiro atoms. The molecule has 0 radical (unpaired) electrons. The number of unbranched alkanes of at least 4 members (excludes halogenated alkanes) is 48. The molecule has 0 aliphatic heterocycles. The van der Waals surface area contributed by atoms with Gasteiger partial charge in [0.25, 0.3) is 0 Å². The van der Waals surface area contributed by atoms with Gasteiger partial charge in [-0.1, -0.05) is 349 Å². The minimum absolute atomic E-state index is 0.108. The van der Waals surface area contributed by atoms with E-state index in [4.69, 9.17) is 37.0 Å². The summed E-state index contributed by atoms with van der Waals surface area (Å²) >= 11 is 0. The molecule has 0 amide bonds. The second-order valence-electron chi connectivity index (χ2n) is 27.9. The van der Waals surface area contributed by atoms with Crippen molar-refractivity contribution in [3.05, 3.63) is 0 Å². The standard InChI is InChI=1S/C76H148O17P2/c1-6-9-12-15-18-21-24-29-35-40-45-50-55-60-74(79)87-66-72(93-76(81)62-57-52-47-42-37-32-28-27-31-33-38-43-48-53-58-69(4)5)68-91-95(84,85)89-64-70(77)63-88-94(82,83)90-67-71(65-86-73(78)59-54-49-44-39-34-26-23-20-17-14-11-8-3)92-75(80)61-56-51-46-41-36-30-25-22-19-16-13-10-7-2/h69-72,77H,6-68H2,1-5H3,(H,82,83)(H,84,85)/t70-,71+,72+/m0/s1. The maximum absolute atomic E-state index is 13.1. The van der Waals surface area contributed by atoms with Gasteiger partial charge in [0.2, 0.25) is 0 Å². The average molecular weight is 1400 g/mol. The van der Waals surface area contributed by atoms with Crippen LogP contribution in [0.4, 0.5) is 0 Å². The van der Waals surface area contributed by atoms with E-state index >= 15 is 0 Å². The zero-order chi connectivity index (χ0) is 69.8. The lowest BCUT2D eigenvalue weighted by Crippen LogP contribution is -2.30. The van der Waals surface area contributed by atoms with Gasteiger partial charge >= 0.3 is 39.5 Å². The van der Waals surface area contributed by atoms with Crippen molar-refractivity contribution >= 4 is 39.5 Å². The number of aliphatic hydroxyl groups is 1. The highest BCUT2D eigenvalue weighted by molar-refractivity contribution is 7.47. The summed E-state index contributed by atoms with van der Waals surface area (Å²) in [4.78, 5) is 72.8. The van der Waals surface area contributed by atoms with Gasteiger partial charge in [0.05, 0.1) is 26.4 Å². The third-order valence-electron chi connectivity index (χ3n) is 17.8. The first kappa shape index (κ1) is 93.1. The first-order valence-electron chi connectivity index (χ1n) is 39.6. The first-order chi connectivity index (χ1) is 46.0. The van der Waals surface area contributed by atoms with Crippen molar-refractivity contribution in [3.8, 4) is 0 Å². The molecule has 19 heteroatoms. The van der Waals surface area contributed by atoms with Crippen LogP contribution in [0.1, 0.15) is 401 Å². The van der Waals surface area contributed by atoms with E-state index in [0.717, 1.165) is 95.8 Å². The SMILES string of the molecule is CCCCCCCCCCCCCCCC(=O)OC[C@H](COP(=O)(O)OC[C@@H](O)COP(=O)(O)OC[C@@H](COC(=O)CCCCCCCCCCCCCC)OC(=O)CCCCCCCCCCCCCCC)OC(=O)CCCCCCCCCCCCCCCCC(C)C. The lowest BCUT2D eigenvalue weighted by atomic mass is 10.0. The van der Waals surface area contributed by atoms with Gasteiger partial charge in [0.15, 0.2) is 12.2 Å². The number of phosphoric ester groups is 2. The lowest BCUT2D eigenvalue weighted by molar-refractivity contribution is -0.161. The molecule has 0 aliphatic carbocycles. The second-order valence-corrected chi connectivity index (χ2v) is 30.8. The number of hydrogen-bond acceptors (Lipinski definition) is 15. The van der Waals surface area contributed by atoms with Crippen LogP contribution in [0.3, 0.4) is 0 Å². The molecule has 2 unspecified atom stereocenters. The highest BCUT2D eigenvalue weighted by atomic mass is 31.2. The Morgan fingerprint density at radius 3 is 0.716 bits per heavy atom. The minimum Gasteiger partial charge on any atom is -0.462 e. The van der Waals surface area contributed by atoms with Crippen molar-refractivity contribution in [1.29, 1.82) is 0 Å². The summed E-state index contributed by atoms with van der Waals surface area (Å²) in [5, 5.41) is 10.6. The molecule has 0 rings (SSSR count). The van der Waals surface area contributed by atoms with Crippen molar-refractivity contribution in [2.24, 2.45) is 5.92 Å². The molecule has 0 bridgehead atoms. The molecule has 17 nitrogen and oxygen atoms in total. The number of rotatable bonds is 76. The molecular weight excluding hydrogens is 1250 g/mol. The van der Waals surface area contributed by atoms with Crippen LogP contribution >= 0.6 is 15.6 Å². The van der Waals surface area contributed by atoms with Crippen LogP contribution in [-0.4, -0.2) is 96.7 Å². The van der Waals surface area contributed by atoms with Crippen molar-refractivity contribution < 1.29 is 80.2 Å². The number of carbonyl (C=O) groups is 4. The van der Waals surface area contributed by atoms with E-state index in [1.807, 2.05) is 0 Å². The van der Waals surface area contributed by atoms with Crippen LogP contribution in [0.2, 0.25) is 0 Å². The van der Waals surface area contributed by atoms with E-state index in [1.54, 1.807) is 0 Å². The summed E-state index contributed by atoms with van der Waals surface area (Å²) in [7, 11) is -9.91. The van der Waals surface area contributed by atoms with E-state index in [1.165, 1.54) is 225 Å². The van der Waals surface area contributed by atoms with Gasteiger partial charge in [-0.05, 0) is 31.6 Å². The monoisotopic (exact) mass is 1400 g/mol. The lowest BCUT2D eigenvalue weighted by Gasteiger charge is -2.21. The molecule has 95 heavy (non-hydrogen) atoms. The molecule has 564 valence electrons.